The summed E-state index contributed by atoms with van der Waals surface area (Å²) in [4.78, 5) is 2.42. The molecule has 0 radical (unpaired) electrons. The first kappa shape index (κ1) is 13.4. The number of phenolic OH excluding ortho intramolecular Hbond substituents is 1. The highest BCUT2D eigenvalue weighted by molar-refractivity contribution is 5.42. The van der Waals surface area contributed by atoms with Crippen LogP contribution >= 0.6 is 0 Å². The number of morpholine rings is 1. The number of hydrogen-bond donors (Lipinski definition) is 1. The summed E-state index contributed by atoms with van der Waals surface area (Å²) >= 11 is 0. The van der Waals surface area contributed by atoms with Crippen molar-refractivity contribution >= 4 is 0 Å². The number of nitrogens with zero attached hydrogens (tertiary/aromatic N) is 1. The smallest absolute Gasteiger partial charge is 0.121 e. The van der Waals surface area contributed by atoms with Gasteiger partial charge < -0.3 is 9.84 Å². The molecule has 2 rings (SSSR count). The zero-order valence-electron chi connectivity index (χ0n) is 11.7. The van der Waals surface area contributed by atoms with Gasteiger partial charge in [-0.3, -0.25) is 4.90 Å². The number of hydrogen-bond acceptors (Lipinski definition) is 3. The molecule has 0 aromatic heterocycles. The number of ether oxygens (including phenoxy) is 1. The van der Waals surface area contributed by atoms with Crippen molar-refractivity contribution in [3.8, 4) is 5.75 Å². The fourth-order valence-corrected chi connectivity index (χ4v) is 2.81. The molecule has 1 aliphatic heterocycles. The second-order valence-electron chi connectivity index (χ2n) is 5.53. The van der Waals surface area contributed by atoms with Crippen LogP contribution in [0, 0.1) is 13.8 Å². The second-order valence-corrected chi connectivity index (χ2v) is 5.53. The Labute approximate surface area is 109 Å². The fraction of sp³-hybridized carbons (Fsp3) is 0.600. The zero-order chi connectivity index (χ0) is 13.3. The van der Waals surface area contributed by atoms with Crippen LogP contribution in [0.25, 0.3) is 0 Å². The summed E-state index contributed by atoms with van der Waals surface area (Å²) in [6, 6.07) is 4.15. The molecule has 100 valence electrons. The van der Waals surface area contributed by atoms with E-state index in [1.807, 2.05) is 13.8 Å². The highest BCUT2D eigenvalue weighted by atomic mass is 16.5. The van der Waals surface area contributed by atoms with Gasteiger partial charge in [-0.2, -0.15) is 0 Å². The topological polar surface area (TPSA) is 32.7 Å². The second kappa shape index (κ2) is 5.29. The van der Waals surface area contributed by atoms with Crippen molar-refractivity contribution < 1.29 is 9.84 Å². The van der Waals surface area contributed by atoms with Gasteiger partial charge in [0.1, 0.15) is 5.75 Å². The van der Waals surface area contributed by atoms with E-state index in [-0.39, 0.29) is 0 Å². The van der Waals surface area contributed by atoms with Gasteiger partial charge in [0.25, 0.3) is 0 Å². The number of phenols is 1. The van der Waals surface area contributed by atoms with E-state index in [1.165, 1.54) is 5.56 Å². The average Bonchev–Trinajstić information content (AvgIpc) is 2.24. The maximum absolute atomic E-state index is 9.79. The first-order valence-electron chi connectivity index (χ1n) is 6.62. The monoisotopic (exact) mass is 249 g/mol. The zero-order valence-corrected chi connectivity index (χ0v) is 11.7. The molecule has 1 heterocycles. The number of benzene rings is 1. The van der Waals surface area contributed by atoms with E-state index in [0.717, 1.165) is 30.8 Å². The highest BCUT2D eigenvalue weighted by Crippen LogP contribution is 2.24. The quantitative estimate of drug-likeness (QED) is 0.874. The predicted octanol–water partition coefficient (Wildman–Crippen LogP) is 2.62. The predicted molar refractivity (Wildman–Crippen MR) is 72.9 cm³/mol. The molecule has 1 saturated heterocycles. The maximum atomic E-state index is 9.79. The standard InChI is InChI=1S/C15H23NO2/c1-10-5-14(6-11(2)15(10)17)9-16-7-12(3)18-13(4)8-16/h5-6,12-13,17H,7-9H2,1-4H3/t12-,13+. The molecular formula is C15H23NO2. The van der Waals surface area contributed by atoms with Gasteiger partial charge in [0.2, 0.25) is 0 Å². The molecule has 3 nitrogen and oxygen atoms in total. The molecule has 18 heavy (non-hydrogen) atoms. The summed E-state index contributed by atoms with van der Waals surface area (Å²) in [5.41, 5.74) is 3.18. The van der Waals surface area contributed by atoms with Crippen molar-refractivity contribution in [1.82, 2.24) is 4.90 Å². The highest BCUT2D eigenvalue weighted by Gasteiger charge is 2.22. The molecule has 1 aromatic carbocycles. The van der Waals surface area contributed by atoms with E-state index < -0.39 is 0 Å². The Morgan fingerprint density at radius 3 is 2.17 bits per heavy atom. The molecule has 1 aliphatic rings. The van der Waals surface area contributed by atoms with Crippen molar-refractivity contribution in [2.45, 2.75) is 46.4 Å². The molecule has 0 aliphatic carbocycles. The van der Waals surface area contributed by atoms with Crippen LogP contribution < -0.4 is 0 Å². The molecule has 0 spiro atoms. The van der Waals surface area contributed by atoms with Gasteiger partial charge in [-0.1, -0.05) is 12.1 Å². The van der Waals surface area contributed by atoms with Crippen molar-refractivity contribution in [2.24, 2.45) is 0 Å². The van der Waals surface area contributed by atoms with Crippen molar-refractivity contribution in [3.63, 3.8) is 0 Å². The minimum Gasteiger partial charge on any atom is -0.507 e. The molecule has 0 unspecified atom stereocenters. The van der Waals surface area contributed by atoms with Crippen molar-refractivity contribution in [1.29, 1.82) is 0 Å². The van der Waals surface area contributed by atoms with Crippen LogP contribution in [-0.4, -0.2) is 35.3 Å². The molecule has 1 fully saturated rings. The van der Waals surface area contributed by atoms with Gasteiger partial charge in [0.05, 0.1) is 12.2 Å². The molecule has 0 amide bonds. The van der Waals surface area contributed by atoms with Crippen LogP contribution in [-0.2, 0) is 11.3 Å². The Morgan fingerprint density at radius 2 is 1.67 bits per heavy atom. The van der Waals surface area contributed by atoms with Gasteiger partial charge in [-0.25, -0.2) is 0 Å². The van der Waals surface area contributed by atoms with Crippen LogP contribution in [0.3, 0.4) is 0 Å². The lowest BCUT2D eigenvalue weighted by molar-refractivity contribution is -0.0704. The fourth-order valence-electron chi connectivity index (χ4n) is 2.81. The van der Waals surface area contributed by atoms with Crippen LogP contribution in [0.2, 0.25) is 0 Å². The van der Waals surface area contributed by atoms with Crippen LogP contribution in [0.4, 0.5) is 0 Å². The molecular weight excluding hydrogens is 226 g/mol. The lowest BCUT2D eigenvalue weighted by atomic mass is 10.0. The molecule has 0 bridgehead atoms. The molecule has 1 N–H and O–H groups in total. The molecule has 0 saturated carbocycles. The van der Waals surface area contributed by atoms with E-state index in [1.54, 1.807) is 0 Å². The Hall–Kier alpha value is -1.06. The van der Waals surface area contributed by atoms with E-state index in [0.29, 0.717) is 18.0 Å². The van der Waals surface area contributed by atoms with E-state index in [9.17, 15) is 5.11 Å². The molecule has 2 atom stereocenters. The third kappa shape index (κ3) is 3.03. The summed E-state index contributed by atoms with van der Waals surface area (Å²) in [6.07, 6.45) is 0.598. The Bertz CT molecular complexity index is 397. The van der Waals surface area contributed by atoms with Gasteiger partial charge in [0, 0.05) is 19.6 Å². The van der Waals surface area contributed by atoms with E-state index in [2.05, 4.69) is 30.9 Å². The van der Waals surface area contributed by atoms with Crippen LogP contribution in [0.15, 0.2) is 12.1 Å². The van der Waals surface area contributed by atoms with Gasteiger partial charge in [0.15, 0.2) is 0 Å². The van der Waals surface area contributed by atoms with Gasteiger partial charge >= 0.3 is 0 Å². The first-order chi connectivity index (χ1) is 8.45. The lowest BCUT2D eigenvalue weighted by Gasteiger charge is -2.35. The SMILES string of the molecule is Cc1cc(CN2C[C@@H](C)O[C@@H](C)C2)cc(C)c1O. The van der Waals surface area contributed by atoms with E-state index >= 15 is 0 Å². The lowest BCUT2D eigenvalue weighted by Crippen LogP contribution is -2.44. The van der Waals surface area contributed by atoms with Crippen LogP contribution in [0.5, 0.6) is 5.75 Å². The minimum absolute atomic E-state index is 0.299. The van der Waals surface area contributed by atoms with E-state index in [4.69, 9.17) is 4.74 Å². The summed E-state index contributed by atoms with van der Waals surface area (Å²) in [6.45, 7) is 11.0. The Morgan fingerprint density at radius 1 is 1.17 bits per heavy atom. The normalized spacial score (nSPS) is 25.3. The summed E-state index contributed by atoms with van der Waals surface area (Å²) < 4.78 is 5.74. The van der Waals surface area contributed by atoms with Gasteiger partial charge in [-0.05, 0) is 44.4 Å². The number of aromatic hydroxyl groups is 1. The number of rotatable bonds is 2. The minimum atomic E-state index is 0.299. The van der Waals surface area contributed by atoms with Crippen LogP contribution in [0.1, 0.15) is 30.5 Å². The first-order valence-corrected chi connectivity index (χ1v) is 6.62. The largest absolute Gasteiger partial charge is 0.507 e. The summed E-state index contributed by atoms with van der Waals surface area (Å²) in [5.74, 6) is 0.419. The third-order valence-corrected chi connectivity index (χ3v) is 3.45. The average molecular weight is 249 g/mol. The molecule has 3 heteroatoms. The maximum Gasteiger partial charge on any atom is 0.121 e. The van der Waals surface area contributed by atoms with Gasteiger partial charge in [-0.15, -0.1) is 0 Å². The Balaban J connectivity index is 2.09. The van der Waals surface area contributed by atoms with Crippen molar-refractivity contribution in [2.75, 3.05) is 13.1 Å². The Kier molecular flexibility index (Phi) is 3.93. The molecule has 1 aromatic rings. The van der Waals surface area contributed by atoms with Crippen molar-refractivity contribution in [3.05, 3.63) is 28.8 Å². The summed E-state index contributed by atoms with van der Waals surface area (Å²) in [5, 5.41) is 9.79. The summed E-state index contributed by atoms with van der Waals surface area (Å²) in [7, 11) is 0. The number of aryl methyl sites for hydroxylation is 2. The third-order valence-electron chi connectivity index (χ3n) is 3.45.